The minimum atomic E-state index is -3.57. The van der Waals surface area contributed by atoms with Crippen molar-refractivity contribution in [3.63, 3.8) is 0 Å². The Morgan fingerprint density at radius 2 is 0.768 bits per heavy atom. The van der Waals surface area contributed by atoms with Crippen LogP contribution in [0.25, 0.3) is 22.3 Å². The lowest BCUT2D eigenvalue weighted by atomic mass is 10.0. The van der Waals surface area contributed by atoms with Gasteiger partial charge in [0.2, 0.25) is 0 Å². The number of nitrogens with one attached hydrogen (secondary N) is 2. The second-order valence-corrected chi connectivity index (χ2v) is 19.1. The predicted octanol–water partition coefficient (Wildman–Crippen LogP) is 10.6. The first-order valence-electron chi connectivity index (χ1n) is 19.4. The van der Waals surface area contributed by atoms with Crippen LogP contribution in [0.5, 0.6) is 23.0 Å². The first kappa shape index (κ1) is 37.8. The van der Waals surface area contributed by atoms with E-state index >= 15 is 9.13 Å². The quantitative estimate of drug-likeness (QED) is 0.0601. The van der Waals surface area contributed by atoms with Crippen LogP contribution in [-0.4, -0.2) is 23.3 Å². The zero-order valence-corrected chi connectivity index (χ0v) is 32.9. The molecule has 6 aromatic rings. The maximum Gasteiger partial charge on any atom is 0.298 e. The SMILES string of the molecule is O=P1(C(NCCCCCCCCNC(c2ccccc2O)P2(=O)Oc3ccccc3-c3ccccc32)c2ccccc2O)Oc2ccccc2-c2ccccc21. The first-order valence-corrected chi connectivity index (χ1v) is 22.8. The lowest BCUT2D eigenvalue weighted by Gasteiger charge is -2.34. The van der Waals surface area contributed by atoms with E-state index in [0.29, 0.717) is 46.3 Å². The summed E-state index contributed by atoms with van der Waals surface area (Å²) in [7, 11) is -7.15. The fourth-order valence-electron chi connectivity index (χ4n) is 7.96. The van der Waals surface area contributed by atoms with Gasteiger partial charge in [-0.3, -0.25) is 9.13 Å². The summed E-state index contributed by atoms with van der Waals surface area (Å²) in [4.78, 5) is 0. The molecule has 286 valence electrons. The van der Waals surface area contributed by atoms with Crippen LogP contribution in [0.2, 0.25) is 0 Å². The lowest BCUT2D eigenvalue weighted by Crippen LogP contribution is -2.31. The molecule has 0 aliphatic carbocycles. The Balaban J connectivity index is 0.882. The van der Waals surface area contributed by atoms with Crippen molar-refractivity contribution in [3.05, 3.63) is 157 Å². The Labute approximate surface area is 328 Å². The standard InChI is InChI=1S/C46H46N2O6P2/c49-39-25-11-5-23-37(39)45(55(51)43-29-15-9-21-35(43)33-19-7-13-27-41(33)53-55)47-31-17-3-1-2-4-18-32-48-46(38-24-6-12-26-40(38)50)56(52)44-30-16-10-22-36(44)34-20-8-14-28-42(34)54-56/h5-16,19-30,45-50H,1-4,17-18,31-32H2. The predicted molar refractivity (Wildman–Crippen MR) is 225 cm³/mol. The van der Waals surface area contributed by atoms with Crippen molar-refractivity contribution in [1.82, 2.24) is 10.6 Å². The Morgan fingerprint density at radius 3 is 1.20 bits per heavy atom. The van der Waals surface area contributed by atoms with Crippen LogP contribution in [0.15, 0.2) is 146 Å². The van der Waals surface area contributed by atoms with E-state index in [1.54, 1.807) is 24.3 Å². The van der Waals surface area contributed by atoms with Crippen molar-refractivity contribution in [2.24, 2.45) is 0 Å². The van der Waals surface area contributed by atoms with Gasteiger partial charge in [-0.1, -0.05) is 135 Å². The van der Waals surface area contributed by atoms with Gasteiger partial charge in [-0.05, 0) is 73.5 Å². The number of fused-ring (bicyclic) bond motifs is 6. The third kappa shape index (κ3) is 7.31. The van der Waals surface area contributed by atoms with Crippen LogP contribution in [0.1, 0.15) is 61.2 Å². The average Bonchev–Trinajstić information content (AvgIpc) is 3.22. The molecule has 2 heterocycles. The molecule has 0 saturated heterocycles. The van der Waals surface area contributed by atoms with Gasteiger partial charge in [0.05, 0.1) is 10.6 Å². The summed E-state index contributed by atoms with van der Waals surface area (Å²) in [6.45, 7) is 1.19. The molecule has 0 bridgehead atoms. The van der Waals surface area contributed by atoms with E-state index in [1.807, 2.05) is 121 Å². The average molecular weight is 785 g/mol. The van der Waals surface area contributed by atoms with Crippen molar-refractivity contribution in [3.8, 4) is 45.3 Å². The van der Waals surface area contributed by atoms with Gasteiger partial charge in [-0.25, -0.2) is 0 Å². The molecule has 0 fully saturated rings. The number of aromatic hydroxyl groups is 2. The van der Waals surface area contributed by atoms with Crippen LogP contribution in [0.3, 0.4) is 0 Å². The van der Waals surface area contributed by atoms with Crippen molar-refractivity contribution < 1.29 is 28.4 Å². The molecule has 2 aliphatic rings. The molecular formula is C46H46N2O6P2. The van der Waals surface area contributed by atoms with Crippen molar-refractivity contribution in [2.45, 2.75) is 50.1 Å². The normalized spacial score (nSPS) is 18.9. The molecular weight excluding hydrogens is 738 g/mol. The van der Waals surface area contributed by atoms with Crippen LogP contribution < -0.4 is 30.3 Å². The first-order chi connectivity index (χ1) is 27.4. The molecule has 0 saturated carbocycles. The molecule has 0 spiro atoms. The smallest absolute Gasteiger partial charge is 0.298 e. The second kappa shape index (κ2) is 16.6. The van der Waals surface area contributed by atoms with Crippen LogP contribution >= 0.6 is 14.7 Å². The summed E-state index contributed by atoms with van der Waals surface area (Å²) in [5.41, 5.74) is 4.68. The van der Waals surface area contributed by atoms with Crippen molar-refractivity contribution in [1.29, 1.82) is 0 Å². The fourth-order valence-corrected chi connectivity index (χ4v) is 13.4. The summed E-state index contributed by atoms with van der Waals surface area (Å²) in [5.74, 6) is -0.164. The van der Waals surface area contributed by atoms with E-state index < -0.39 is 26.3 Å². The number of rotatable bonds is 15. The van der Waals surface area contributed by atoms with Gasteiger partial charge in [-0.15, -0.1) is 0 Å². The van der Waals surface area contributed by atoms with E-state index in [0.717, 1.165) is 60.8 Å². The zero-order chi connectivity index (χ0) is 38.5. The maximum atomic E-state index is 15.1. The fraction of sp³-hybridized carbons (Fsp3) is 0.217. The van der Waals surface area contributed by atoms with Gasteiger partial charge >= 0.3 is 0 Å². The molecule has 4 unspecified atom stereocenters. The molecule has 0 radical (unpaired) electrons. The highest BCUT2D eigenvalue weighted by Gasteiger charge is 2.46. The Bertz CT molecular complexity index is 2270. The molecule has 56 heavy (non-hydrogen) atoms. The largest absolute Gasteiger partial charge is 0.508 e. The molecule has 8 rings (SSSR count). The number of phenolic OH excluding ortho intramolecular Hbond substituents is 2. The number of phenols is 2. The maximum absolute atomic E-state index is 15.1. The lowest BCUT2D eigenvalue weighted by molar-refractivity contribution is 0.436. The van der Waals surface area contributed by atoms with Gasteiger partial charge in [-0.2, -0.15) is 0 Å². The van der Waals surface area contributed by atoms with E-state index in [2.05, 4.69) is 10.6 Å². The van der Waals surface area contributed by atoms with E-state index in [-0.39, 0.29) is 11.5 Å². The highest BCUT2D eigenvalue weighted by Crippen LogP contribution is 2.64. The molecule has 6 aromatic carbocycles. The third-order valence-electron chi connectivity index (χ3n) is 10.7. The van der Waals surface area contributed by atoms with Crippen LogP contribution in [0.4, 0.5) is 0 Å². The van der Waals surface area contributed by atoms with Crippen molar-refractivity contribution in [2.75, 3.05) is 13.1 Å². The number of hydrogen-bond donors (Lipinski definition) is 4. The monoisotopic (exact) mass is 784 g/mol. The topological polar surface area (TPSA) is 117 Å². The summed E-state index contributed by atoms with van der Waals surface area (Å²) in [6.07, 6.45) is 5.69. The Morgan fingerprint density at radius 1 is 0.429 bits per heavy atom. The number of unbranched alkanes of at least 4 members (excludes halogenated alkanes) is 5. The highest BCUT2D eigenvalue weighted by atomic mass is 31.2. The molecule has 0 aromatic heterocycles. The summed E-state index contributed by atoms with van der Waals surface area (Å²) in [6, 6.07) is 44.8. The molecule has 4 N–H and O–H groups in total. The van der Waals surface area contributed by atoms with Gasteiger partial charge < -0.3 is 29.9 Å². The van der Waals surface area contributed by atoms with E-state index in [1.165, 1.54) is 0 Å². The minimum absolute atomic E-state index is 0.0765. The van der Waals surface area contributed by atoms with Crippen LogP contribution in [0, 0.1) is 0 Å². The molecule has 8 nitrogen and oxygen atoms in total. The van der Waals surface area contributed by atoms with E-state index in [4.69, 9.17) is 9.05 Å². The summed E-state index contributed by atoms with van der Waals surface area (Å²) in [5, 5.41) is 30.2. The van der Waals surface area contributed by atoms with Crippen LogP contribution in [-0.2, 0) is 9.13 Å². The summed E-state index contributed by atoms with van der Waals surface area (Å²) < 4.78 is 43.0. The zero-order valence-electron chi connectivity index (χ0n) is 31.1. The number of para-hydroxylation sites is 4. The molecule has 2 aliphatic heterocycles. The molecule has 4 atom stereocenters. The van der Waals surface area contributed by atoms with Gasteiger partial charge in [0.1, 0.15) is 34.6 Å². The number of hydrogen-bond acceptors (Lipinski definition) is 8. The summed E-state index contributed by atoms with van der Waals surface area (Å²) >= 11 is 0. The second-order valence-electron chi connectivity index (χ2n) is 14.4. The third-order valence-corrected chi connectivity index (χ3v) is 16.1. The van der Waals surface area contributed by atoms with E-state index in [9.17, 15) is 10.2 Å². The highest BCUT2D eigenvalue weighted by molar-refractivity contribution is 7.68. The minimum Gasteiger partial charge on any atom is -0.508 e. The Kier molecular flexibility index (Phi) is 11.2. The number of benzene rings is 6. The van der Waals surface area contributed by atoms with Gasteiger partial charge in [0, 0.05) is 22.3 Å². The molecule has 10 heteroatoms. The molecule has 0 amide bonds. The van der Waals surface area contributed by atoms with Crippen molar-refractivity contribution >= 4 is 25.3 Å². The Hall–Kier alpha value is -5.10. The van der Waals surface area contributed by atoms with Gasteiger partial charge in [0.25, 0.3) is 14.7 Å². The van der Waals surface area contributed by atoms with Gasteiger partial charge in [0.15, 0.2) is 0 Å².